The van der Waals surface area contributed by atoms with Gasteiger partial charge in [0, 0.05) is 36.4 Å². The van der Waals surface area contributed by atoms with E-state index in [9.17, 15) is 14.4 Å². The molecule has 0 fully saturated rings. The lowest BCUT2D eigenvalue weighted by molar-refractivity contribution is -0.145. The maximum absolute atomic E-state index is 13.9. The molecule has 0 spiro atoms. The third kappa shape index (κ3) is 18.9. The molecule has 0 aliphatic heterocycles. The predicted octanol–water partition coefficient (Wildman–Crippen LogP) is 9.47. The first kappa shape index (κ1) is 38.5. The van der Waals surface area contributed by atoms with Crippen molar-refractivity contribution in [3.05, 3.63) is 24.0 Å². The van der Waals surface area contributed by atoms with Crippen LogP contribution in [0.25, 0.3) is 0 Å². The SMILES string of the molecule is CCCCCCCCCCCCC(CCCCCC=O)C(=O)N(CCCCCC)NC(=O)CCc1ncccc1SS. The number of aldehydes is 1. The number of carbonyl (C=O) groups is 3. The number of amides is 2. The van der Waals surface area contributed by atoms with Crippen molar-refractivity contribution in [3.8, 4) is 0 Å². The maximum atomic E-state index is 13.9. The average Bonchev–Trinajstić information content (AvgIpc) is 3.01. The molecule has 240 valence electrons. The smallest absolute Gasteiger partial charge is 0.244 e. The molecular weight excluding hydrogens is 563 g/mol. The zero-order valence-corrected chi connectivity index (χ0v) is 28.3. The lowest BCUT2D eigenvalue weighted by Gasteiger charge is -2.28. The van der Waals surface area contributed by atoms with Crippen LogP contribution in [0.4, 0.5) is 0 Å². The highest BCUT2D eigenvalue weighted by molar-refractivity contribution is 8.68. The minimum Gasteiger partial charge on any atom is -0.303 e. The second kappa shape index (κ2) is 27.0. The number of carbonyl (C=O) groups excluding carboxylic acids is 3. The number of thiol groups is 1. The molecule has 42 heavy (non-hydrogen) atoms. The number of rotatable bonds is 27. The van der Waals surface area contributed by atoms with Crippen LogP contribution in [0.15, 0.2) is 23.2 Å². The summed E-state index contributed by atoms with van der Waals surface area (Å²) in [5.41, 5.74) is 3.83. The minimum absolute atomic E-state index is 0.0515. The molecule has 0 radical (unpaired) electrons. The van der Waals surface area contributed by atoms with E-state index in [1.165, 1.54) is 62.2 Å². The maximum Gasteiger partial charge on any atom is 0.244 e. The molecule has 1 unspecified atom stereocenters. The summed E-state index contributed by atoms with van der Waals surface area (Å²) in [4.78, 5) is 43.0. The van der Waals surface area contributed by atoms with E-state index in [1.807, 2.05) is 12.1 Å². The van der Waals surface area contributed by atoms with E-state index in [2.05, 4.69) is 35.9 Å². The molecule has 1 aromatic heterocycles. The van der Waals surface area contributed by atoms with Crippen molar-refractivity contribution >= 4 is 40.6 Å². The first-order valence-corrected chi connectivity index (χ1v) is 18.7. The lowest BCUT2D eigenvalue weighted by atomic mass is 9.93. The summed E-state index contributed by atoms with van der Waals surface area (Å²) in [6.45, 7) is 4.98. The van der Waals surface area contributed by atoms with Crippen LogP contribution in [0.5, 0.6) is 0 Å². The largest absolute Gasteiger partial charge is 0.303 e. The van der Waals surface area contributed by atoms with Gasteiger partial charge in [-0.3, -0.25) is 25.0 Å². The summed E-state index contributed by atoms with van der Waals surface area (Å²) in [7, 11) is 1.33. The molecule has 0 saturated heterocycles. The number of nitrogens with zero attached hydrogens (tertiary/aromatic N) is 2. The number of nitrogens with one attached hydrogen (secondary N) is 1. The summed E-state index contributed by atoms with van der Waals surface area (Å²) in [5.74, 6) is -0.191. The zero-order chi connectivity index (χ0) is 30.7. The number of hydrazine groups is 1. The number of hydrogen-bond acceptors (Lipinski definition) is 6. The van der Waals surface area contributed by atoms with Crippen LogP contribution in [-0.2, 0) is 20.8 Å². The average molecular weight is 622 g/mol. The van der Waals surface area contributed by atoms with Gasteiger partial charge in [-0.1, -0.05) is 121 Å². The van der Waals surface area contributed by atoms with Crippen LogP contribution in [0.3, 0.4) is 0 Å². The molecule has 1 rings (SSSR count). The topological polar surface area (TPSA) is 79.4 Å². The van der Waals surface area contributed by atoms with Gasteiger partial charge in [0.05, 0.1) is 5.69 Å². The van der Waals surface area contributed by atoms with Gasteiger partial charge in [-0.15, -0.1) is 11.7 Å². The Kier molecular flexibility index (Phi) is 24.8. The molecule has 0 saturated carbocycles. The van der Waals surface area contributed by atoms with Crippen molar-refractivity contribution in [2.75, 3.05) is 6.54 Å². The van der Waals surface area contributed by atoms with Crippen molar-refractivity contribution in [1.29, 1.82) is 0 Å². The molecule has 1 atom stereocenters. The van der Waals surface area contributed by atoms with Crippen LogP contribution in [-0.4, -0.2) is 34.6 Å². The molecule has 1 aromatic rings. The van der Waals surface area contributed by atoms with Crippen molar-refractivity contribution in [2.45, 2.75) is 160 Å². The second-order valence-electron chi connectivity index (χ2n) is 11.6. The van der Waals surface area contributed by atoms with Crippen LogP contribution >= 0.6 is 22.5 Å². The zero-order valence-electron chi connectivity index (χ0n) is 26.6. The van der Waals surface area contributed by atoms with E-state index < -0.39 is 0 Å². The lowest BCUT2D eigenvalue weighted by Crippen LogP contribution is -2.49. The number of aromatic nitrogens is 1. The van der Waals surface area contributed by atoms with Gasteiger partial charge in [-0.05, 0) is 44.2 Å². The van der Waals surface area contributed by atoms with Gasteiger partial charge < -0.3 is 4.79 Å². The third-order valence-electron chi connectivity index (χ3n) is 7.93. The van der Waals surface area contributed by atoms with Gasteiger partial charge in [0.25, 0.3) is 0 Å². The highest BCUT2D eigenvalue weighted by Gasteiger charge is 2.25. The monoisotopic (exact) mass is 621 g/mol. The molecule has 2 amide bonds. The highest BCUT2D eigenvalue weighted by atomic mass is 33.1. The molecule has 1 heterocycles. The Balaban J connectivity index is 2.72. The van der Waals surface area contributed by atoms with Crippen LogP contribution in [0.2, 0.25) is 0 Å². The van der Waals surface area contributed by atoms with E-state index >= 15 is 0 Å². The quantitative estimate of drug-likeness (QED) is 0.0336. The molecule has 0 aliphatic rings. The van der Waals surface area contributed by atoms with Crippen LogP contribution in [0.1, 0.15) is 154 Å². The fraction of sp³-hybridized carbons (Fsp3) is 0.765. The molecular formula is C34H59N3O3S2. The summed E-state index contributed by atoms with van der Waals surface area (Å²) in [6, 6.07) is 3.82. The van der Waals surface area contributed by atoms with Crippen molar-refractivity contribution in [1.82, 2.24) is 15.4 Å². The normalized spacial score (nSPS) is 11.8. The number of pyridine rings is 1. The molecule has 8 heteroatoms. The van der Waals surface area contributed by atoms with Crippen molar-refractivity contribution in [3.63, 3.8) is 0 Å². The molecule has 0 aliphatic carbocycles. The number of hydrogen-bond donors (Lipinski definition) is 2. The van der Waals surface area contributed by atoms with E-state index in [-0.39, 0.29) is 24.2 Å². The summed E-state index contributed by atoms with van der Waals surface area (Å²) >= 11 is 4.30. The van der Waals surface area contributed by atoms with Crippen molar-refractivity contribution in [2.24, 2.45) is 5.92 Å². The number of unbranched alkanes of at least 4 members (excludes halogenated alkanes) is 15. The Bertz CT molecular complexity index is 840. The van der Waals surface area contributed by atoms with Crippen molar-refractivity contribution < 1.29 is 14.4 Å². The highest BCUT2D eigenvalue weighted by Crippen LogP contribution is 2.25. The Morgan fingerprint density at radius 3 is 2.05 bits per heavy atom. The standard InChI is InChI=1S/C34H59N3O3S2/c1-3-5-7-9-10-11-12-13-14-17-22-30(23-18-15-16-20-29-38)34(40)37(28-19-8-6-4-2)36-33(39)26-25-31-32(42-41)24-21-27-35-31/h21,24,27,29-30,41H,3-20,22-23,25-26,28H2,1-2H3,(H,36,39). The summed E-state index contributed by atoms with van der Waals surface area (Å²) in [5, 5.41) is 1.62. The molecule has 6 nitrogen and oxygen atoms in total. The van der Waals surface area contributed by atoms with Gasteiger partial charge in [0.15, 0.2) is 0 Å². The van der Waals surface area contributed by atoms with Gasteiger partial charge in [0.2, 0.25) is 11.8 Å². The van der Waals surface area contributed by atoms with Gasteiger partial charge >= 0.3 is 0 Å². The first-order valence-electron chi connectivity index (χ1n) is 16.9. The summed E-state index contributed by atoms with van der Waals surface area (Å²) < 4.78 is 0. The fourth-order valence-electron chi connectivity index (χ4n) is 5.34. The van der Waals surface area contributed by atoms with E-state index in [4.69, 9.17) is 0 Å². The second-order valence-corrected chi connectivity index (χ2v) is 12.8. The predicted molar refractivity (Wildman–Crippen MR) is 180 cm³/mol. The Morgan fingerprint density at radius 2 is 1.45 bits per heavy atom. The Hall–Kier alpha value is -1.54. The van der Waals surface area contributed by atoms with Gasteiger partial charge in [-0.2, -0.15) is 0 Å². The Morgan fingerprint density at radius 1 is 0.881 bits per heavy atom. The van der Waals surface area contributed by atoms with E-state index in [0.29, 0.717) is 19.4 Å². The Labute approximate surface area is 266 Å². The third-order valence-corrected chi connectivity index (χ3v) is 9.09. The first-order chi connectivity index (χ1) is 20.6. The molecule has 1 N–H and O–H groups in total. The summed E-state index contributed by atoms with van der Waals surface area (Å²) in [6.07, 6.45) is 25.4. The minimum atomic E-state index is -0.150. The number of aryl methyl sites for hydroxylation is 1. The van der Waals surface area contributed by atoms with Crippen LogP contribution in [0, 0.1) is 5.92 Å². The van der Waals surface area contributed by atoms with Gasteiger partial charge in [0.1, 0.15) is 6.29 Å². The van der Waals surface area contributed by atoms with Crippen LogP contribution < -0.4 is 5.43 Å². The molecule has 0 aromatic carbocycles. The van der Waals surface area contributed by atoms with Gasteiger partial charge in [-0.25, -0.2) is 0 Å². The molecule has 0 bridgehead atoms. The van der Waals surface area contributed by atoms with E-state index in [1.54, 1.807) is 11.2 Å². The fourth-order valence-corrected chi connectivity index (χ4v) is 6.23. The van der Waals surface area contributed by atoms with E-state index in [0.717, 1.165) is 87.5 Å².